The van der Waals surface area contributed by atoms with Crippen molar-refractivity contribution in [2.75, 3.05) is 20.2 Å². The van der Waals surface area contributed by atoms with Crippen molar-refractivity contribution in [3.8, 4) is 5.75 Å². The lowest BCUT2D eigenvalue weighted by Crippen LogP contribution is -2.32. The van der Waals surface area contributed by atoms with Gasteiger partial charge in [-0.2, -0.15) is 0 Å². The topological polar surface area (TPSA) is 29.5 Å². The second-order valence-corrected chi connectivity index (χ2v) is 4.80. The van der Waals surface area contributed by atoms with E-state index in [0.29, 0.717) is 10.8 Å². The number of carbonyl (C=O) groups excluding carboxylic acids is 1. The van der Waals surface area contributed by atoms with Crippen molar-refractivity contribution < 1.29 is 9.53 Å². The van der Waals surface area contributed by atoms with Crippen molar-refractivity contribution in [3.63, 3.8) is 0 Å². The van der Waals surface area contributed by atoms with Gasteiger partial charge in [-0.25, -0.2) is 0 Å². The maximum atomic E-state index is 11.8. The van der Waals surface area contributed by atoms with Gasteiger partial charge >= 0.3 is 0 Å². The lowest BCUT2D eigenvalue weighted by Gasteiger charge is -2.17. The van der Waals surface area contributed by atoms with Gasteiger partial charge in [0.25, 0.3) is 5.91 Å². The number of halogens is 1. The van der Waals surface area contributed by atoms with Crippen molar-refractivity contribution in [1.82, 2.24) is 4.90 Å². The molecule has 1 rings (SSSR count). The van der Waals surface area contributed by atoms with E-state index in [0.717, 1.165) is 24.9 Å². The molecule has 0 aromatic heterocycles. The number of benzene rings is 1. The van der Waals surface area contributed by atoms with E-state index in [4.69, 9.17) is 16.3 Å². The number of carbonyl (C=O) groups is 1. The van der Waals surface area contributed by atoms with Gasteiger partial charge in [0.15, 0.2) is 6.61 Å². The molecule has 4 heteroatoms. The smallest absolute Gasteiger partial charge is 0.260 e. The number of aryl methyl sites for hydroxylation is 1. The fraction of sp³-hybridized carbons (Fsp3) is 0.500. The standard InChI is InChI=1S/C14H20ClNO2/c1-4-5-8-16(3)14(17)10-18-13-7-6-12(15)9-11(13)2/h6-7,9H,4-5,8,10H2,1-3H3. The summed E-state index contributed by atoms with van der Waals surface area (Å²) in [6, 6.07) is 5.37. The van der Waals surface area contributed by atoms with Crippen LogP contribution in [-0.2, 0) is 4.79 Å². The Balaban J connectivity index is 2.47. The predicted molar refractivity (Wildman–Crippen MR) is 74.2 cm³/mol. The Hall–Kier alpha value is -1.22. The van der Waals surface area contributed by atoms with E-state index in [1.165, 1.54) is 0 Å². The number of amides is 1. The molecule has 0 atom stereocenters. The van der Waals surface area contributed by atoms with E-state index < -0.39 is 0 Å². The normalized spacial score (nSPS) is 10.2. The van der Waals surface area contributed by atoms with Crippen LogP contribution in [0.5, 0.6) is 5.75 Å². The quantitative estimate of drug-likeness (QED) is 0.793. The van der Waals surface area contributed by atoms with Gasteiger partial charge in [0.05, 0.1) is 0 Å². The molecule has 0 bridgehead atoms. The molecule has 0 heterocycles. The van der Waals surface area contributed by atoms with Crippen molar-refractivity contribution in [2.45, 2.75) is 26.7 Å². The Bertz CT molecular complexity index is 407. The molecule has 0 spiro atoms. The lowest BCUT2D eigenvalue weighted by atomic mass is 10.2. The second kappa shape index (κ2) is 7.27. The van der Waals surface area contributed by atoms with Gasteiger partial charge in [0, 0.05) is 18.6 Å². The van der Waals surface area contributed by atoms with Crippen molar-refractivity contribution in [2.24, 2.45) is 0 Å². The average Bonchev–Trinajstić information content (AvgIpc) is 2.34. The molecule has 1 aromatic carbocycles. The van der Waals surface area contributed by atoms with E-state index in [1.54, 1.807) is 24.1 Å². The first-order chi connectivity index (χ1) is 8.54. The fourth-order valence-corrected chi connectivity index (χ4v) is 1.77. The summed E-state index contributed by atoms with van der Waals surface area (Å²) in [6.07, 6.45) is 2.09. The Morgan fingerprint density at radius 2 is 2.17 bits per heavy atom. The molecule has 0 aliphatic heterocycles. The predicted octanol–water partition coefficient (Wildman–Crippen LogP) is 3.29. The van der Waals surface area contributed by atoms with Crippen LogP contribution in [0, 0.1) is 6.92 Å². The molecule has 1 amide bonds. The van der Waals surface area contributed by atoms with E-state index >= 15 is 0 Å². The molecule has 0 saturated carbocycles. The minimum atomic E-state index is -0.00204. The van der Waals surface area contributed by atoms with Gasteiger partial charge in [-0.05, 0) is 37.1 Å². The molecule has 0 fully saturated rings. The monoisotopic (exact) mass is 269 g/mol. The average molecular weight is 270 g/mol. The molecule has 0 N–H and O–H groups in total. The molecule has 100 valence electrons. The van der Waals surface area contributed by atoms with Crippen molar-refractivity contribution in [1.29, 1.82) is 0 Å². The largest absolute Gasteiger partial charge is 0.483 e. The molecular formula is C14H20ClNO2. The van der Waals surface area contributed by atoms with Crippen molar-refractivity contribution in [3.05, 3.63) is 28.8 Å². The first kappa shape index (κ1) is 14.8. The summed E-state index contributed by atoms with van der Waals surface area (Å²) in [5, 5.41) is 0.672. The summed E-state index contributed by atoms with van der Waals surface area (Å²) in [4.78, 5) is 13.5. The van der Waals surface area contributed by atoms with E-state index in [2.05, 4.69) is 6.92 Å². The highest BCUT2D eigenvalue weighted by Gasteiger charge is 2.09. The third-order valence-corrected chi connectivity index (χ3v) is 3.00. The zero-order valence-electron chi connectivity index (χ0n) is 11.2. The number of ether oxygens (including phenoxy) is 1. The highest BCUT2D eigenvalue weighted by Crippen LogP contribution is 2.21. The van der Waals surface area contributed by atoms with Crippen molar-refractivity contribution >= 4 is 17.5 Å². The zero-order valence-corrected chi connectivity index (χ0v) is 12.0. The van der Waals surface area contributed by atoms with Crippen LogP contribution in [0.15, 0.2) is 18.2 Å². The van der Waals surface area contributed by atoms with Crippen LogP contribution in [0.2, 0.25) is 5.02 Å². The molecule has 0 radical (unpaired) electrons. The van der Waals surface area contributed by atoms with Gasteiger partial charge < -0.3 is 9.64 Å². The van der Waals surface area contributed by atoms with E-state index in [1.807, 2.05) is 13.0 Å². The minimum Gasteiger partial charge on any atom is -0.483 e. The maximum Gasteiger partial charge on any atom is 0.260 e. The number of unbranched alkanes of at least 4 members (excludes halogenated alkanes) is 1. The lowest BCUT2D eigenvalue weighted by molar-refractivity contribution is -0.132. The van der Waals surface area contributed by atoms with Crippen LogP contribution < -0.4 is 4.74 Å². The van der Waals surface area contributed by atoms with Crippen LogP contribution in [0.25, 0.3) is 0 Å². The minimum absolute atomic E-state index is 0.00204. The molecule has 18 heavy (non-hydrogen) atoms. The van der Waals surface area contributed by atoms with Crippen LogP contribution in [0.1, 0.15) is 25.3 Å². The van der Waals surface area contributed by atoms with E-state index in [9.17, 15) is 4.79 Å². The van der Waals surface area contributed by atoms with Gasteiger partial charge in [-0.3, -0.25) is 4.79 Å². The van der Waals surface area contributed by atoms with Gasteiger partial charge in [0.2, 0.25) is 0 Å². The van der Waals surface area contributed by atoms with Gasteiger partial charge in [0.1, 0.15) is 5.75 Å². The van der Waals surface area contributed by atoms with Gasteiger partial charge in [-0.1, -0.05) is 24.9 Å². The number of hydrogen-bond acceptors (Lipinski definition) is 2. The fourth-order valence-electron chi connectivity index (χ4n) is 1.54. The SMILES string of the molecule is CCCCN(C)C(=O)COc1ccc(Cl)cc1C. The first-order valence-electron chi connectivity index (χ1n) is 6.17. The van der Waals surface area contributed by atoms with Crippen LogP contribution in [0.3, 0.4) is 0 Å². The first-order valence-corrected chi connectivity index (χ1v) is 6.55. The molecular weight excluding hydrogens is 250 g/mol. The highest BCUT2D eigenvalue weighted by molar-refractivity contribution is 6.30. The summed E-state index contributed by atoms with van der Waals surface area (Å²) in [6.45, 7) is 4.86. The summed E-state index contributed by atoms with van der Waals surface area (Å²) < 4.78 is 5.50. The molecule has 0 aliphatic carbocycles. The summed E-state index contributed by atoms with van der Waals surface area (Å²) in [5.41, 5.74) is 0.937. The number of hydrogen-bond donors (Lipinski definition) is 0. The Morgan fingerprint density at radius 3 is 2.78 bits per heavy atom. The second-order valence-electron chi connectivity index (χ2n) is 4.37. The number of likely N-dealkylation sites (N-methyl/N-ethyl adjacent to an activating group) is 1. The summed E-state index contributed by atoms with van der Waals surface area (Å²) in [5.74, 6) is 0.703. The third-order valence-electron chi connectivity index (χ3n) is 2.76. The summed E-state index contributed by atoms with van der Waals surface area (Å²) >= 11 is 5.86. The maximum absolute atomic E-state index is 11.8. The molecule has 0 saturated heterocycles. The van der Waals surface area contributed by atoms with Gasteiger partial charge in [-0.15, -0.1) is 0 Å². The molecule has 0 aliphatic rings. The number of rotatable bonds is 6. The zero-order chi connectivity index (χ0) is 13.5. The Labute approximate surface area is 114 Å². The summed E-state index contributed by atoms with van der Waals surface area (Å²) in [7, 11) is 1.80. The Morgan fingerprint density at radius 1 is 1.44 bits per heavy atom. The van der Waals surface area contributed by atoms with Crippen LogP contribution in [0.4, 0.5) is 0 Å². The van der Waals surface area contributed by atoms with Crippen LogP contribution in [-0.4, -0.2) is 31.0 Å². The highest BCUT2D eigenvalue weighted by atomic mass is 35.5. The number of nitrogens with zero attached hydrogens (tertiary/aromatic N) is 1. The third kappa shape index (κ3) is 4.57. The molecule has 1 aromatic rings. The van der Waals surface area contributed by atoms with Crippen LogP contribution >= 0.6 is 11.6 Å². The molecule has 0 unspecified atom stereocenters. The van der Waals surface area contributed by atoms with E-state index in [-0.39, 0.29) is 12.5 Å². The Kier molecular flexibility index (Phi) is 5.99. The molecule has 3 nitrogen and oxygen atoms in total.